The molecule has 0 aliphatic carbocycles. The average Bonchev–Trinajstić information content (AvgIpc) is 3.35. The third-order valence-corrected chi connectivity index (χ3v) is 7.11. The third kappa shape index (κ3) is 2.03. The van der Waals surface area contributed by atoms with E-state index in [2.05, 4.69) is 87.3 Å². The van der Waals surface area contributed by atoms with E-state index < -0.39 is 0 Å². The molecule has 140 valence electrons. The van der Waals surface area contributed by atoms with Crippen molar-refractivity contribution in [3.05, 3.63) is 91.3 Å². The zero-order chi connectivity index (χ0) is 19.7. The van der Waals surface area contributed by atoms with Crippen LogP contribution in [-0.2, 0) is 0 Å². The summed E-state index contributed by atoms with van der Waals surface area (Å²) in [6.45, 7) is 0. The second-order valence-corrected chi connectivity index (χ2v) is 8.55. The first kappa shape index (κ1) is 16.1. The van der Waals surface area contributed by atoms with Crippen LogP contribution in [0.3, 0.4) is 0 Å². The van der Waals surface area contributed by atoms with E-state index in [1.54, 1.807) is 0 Å². The molecular formula is C26H15N3S. The summed E-state index contributed by atoms with van der Waals surface area (Å²) in [7, 11) is 0. The molecule has 0 bridgehead atoms. The third-order valence-electron chi connectivity index (χ3n) is 5.91. The van der Waals surface area contributed by atoms with Gasteiger partial charge in [0.25, 0.3) is 0 Å². The number of aromatic nitrogens is 3. The van der Waals surface area contributed by atoms with Crippen LogP contribution in [0.4, 0.5) is 0 Å². The number of hydrogen-bond acceptors (Lipinski definition) is 3. The number of rotatable bonds is 1. The minimum absolute atomic E-state index is 0.706. The summed E-state index contributed by atoms with van der Waals surface area (Å²) in [6.07, 6.45) is 3.62. The van der Waals surface area contributed by atoms with E-state index in [4.69, 9.17) is 0 Å². The van der Waals surface area contributed by atoms with Crippen LogP contribution >= 0.6 is 11.3 Å². The van der Waals surface area contributed by atoms with Crippen LogP contribution in [0.2, 0.25) is 0 Å². The van der Waals surface area contributed by atoms with E-state index in [9.17, 15) is 0 Å². The number of fused-ring (bicyclic) bond motifs is 9. The Morgan fingerprint density at radius 1 is 0.633 bits per heavy atom. The summed E-state index contributed by atoms with van der Waals surface area (Å²) >= 11 is 1.84. The number of hydrogen-bond donors (Lipinski definition) is 0. The highest BCUT2D eigenvalue weighted by Gasteiger charge is 2.20. The Bertz CT molecular complexity index is 1740. The van der Waals surface area contributed by atoms with Crippen molar-refractivity contribution in [2.75, 3.05) is 0 Å². The molecule has 0 amide bonds. The first-order valence-electron chi connectivity index (χ1n) is 9.94. The zero-order valence-electron chi connectivity index (χ0n) is 15.9. The van der Waals surface area contributed by atoms with Crippen molar-refractivity contribution in [3.8, 4) is 5.95 Å². The molecule has 3 aromatic heterocycles. The van der Waals surface area contributed by atoms with Gasteiger partial charge >= 0.3 is 0 Å². The fourth-order valence-electron chi connectivity index (χ4n) is 4.66. The Morgan fingerprint density at radius 3 is 2.30 bits per heavy atom. The van der Waals surface area contributed by atoms with Crippen molar-refractivity contribution in [2.24, 2.45) is 0 Å². The lowest BCUT2D eigenvalue weighted by Crippen LogP contribution is -1.99. The predicted octanol–water partition coefficient (Wildman–Crippen LogP) is 7.09. The van der Waals surface area contributed by atoms with Crippen molar-refractivity contribution in [2.45, 2.75) is 0 Å². The van der Waals surface area contributed by atoms with Gasteiger partial charge in [-0.2, -0.15) is 0 Å². The molecule has 0 saturated carbocycles. The van der Waals surface area contributed by atoms with Gasteiger partial charge in [0, 0.05) is 38.6 Å². The molecule has 30 heavy (non-hydrogen) atoms. The molecule has 0 radical (unpaired) electrons. The smallest absolute Gasteiger partial charge is 0.234 e. The van der Waals surface area contributed by atoms with Gasteiger partial charge in [-0.1, -0.05) is 60.7 Å². The standard InChI is InChI=1S/C26H15N3S/c1-2-7-17-16(6-1)10-13-21-23(17)20-12-11-19-18-8-3-4-9-22(18)30-25(19)24(20)29(21)26-27-14-5-15-28-26/h1-15H. The van der Waals surface area contributed by atoms with Crippen molar-refractivity contribution >= 4 is 64.1 Å². The molecule has 3 heterocycles. The van der Waals surface area contributed by atoms with Crippen LogP contribution in [0.15, 0.2) is 91.3 Å². The molecule has 4 aromatic carbocycles. The normalized spacial score (nSPS) is 12.0. The molecule has 0 unspecified atom stereocenters. The topological polar surface area (TPSA) is 30.7 Å². The Kier molecular flexibility index (Phi) is 3.15. The summed E-state index contributed by atoms with van der Waals surface area (Å²) in [6, 6.07) is 28.0. The van der Waals surface area contributed by atoms with Crippen LogP contribution in [0.25, 0.3) is 58.7 Å². The average molecular weight is 401 g/mol. The van der Waals surface area contributed by atoms with Crippen LogP contribution < -0.4 is 0 Å². The summed E-state index contributed by atoms with van der Waals surface area (Å²) in [4.78, 5) is 9.24. The molecule has 0 aliphatic rings. The van der Waals surface area contributed by atoms with Gasteiger partial charge in [-0.15, -0.1) is 11.3 Å². The second-order valence-electron chi connectivity index (χ2n) is 7.50. The Labute approximate surface area is 175 Å². The number of benzene rings is 4. The highest BCUT2D eigenvalue weighted by molar-refractivity contribution is 7.26. The van der Waals surface area contributed by atoms with E-state index in [1.807, 2.05) is 29.8 Å². The van der Waals surface area contributed by atoms with E-state index in [0.717, 1.165) is 5.52 Å². The maximum Gasteiger partial charge on any atom is 0.234 e. The van der Waals surface area contributed by atoms with Crippen molar-refractivity contribution in [1.82, 2.24) is 14.5 Å². The van der Waals surface area contributed by atoms with Gasteiger partial charge in [0.05, 0.1) is 15.7 Å². The van der Waals surface area contributed by atoms with E-state index >= 15 is 0 Å². The lowest BCUT2D eigenvalue weighted by molar-refractivity contribution is 0.991. The second kappa shape index (κ2) is 5.88. The van der Waals surface area contributed by atoms with E-state index in [-0.39, 0.29) is 0 Å². The molecule has 4 heteroatoms. The fraction of sp³-hybridized carbons (Fsp3) is 0. The molecule has 0 atom stereocenters. The molecular weight excluding hydrogens is 386 g/mol. The van der Waals surface area contributed by atoms with Crippen molar-refractivity contribution < 1.29 is 0 Å². The fourth-order valence-corrected chi connectivity index (χ4v) is 5.90. The molecule has 0 N–H and O–H groups in total. The summed E-state index contributed by atoms with van der Waals surface area (Å²) in [5, 5.41) is 7.59. The van der Waals surface area contributed by atoms with E-state index in [0.29, 0.717) is 5.95 Å². The SMILES string of the molecule is c1cnc(-n2c3ccc4ccccc4c3c3ccc4c5ccccc5sc4c32)nc1. The largest absolute Gasteiger partial charge is 0.276 e. The minimum Gasteiger partial charge on any atom is -0.276 e. The number of nitrogens with zero attached hydrogens (tertiary/aromatic N) is 3. The highest BCUT2D eigenvalue weighted by Crippen LogP contribution is 2.43. The van der Waals surface area contributed by atoms with Crippen LogP contribution in [0, 0.1) is 0 Å². The Morgan fingerprint density at radius 2 is 1.40 bits per heavy atom. The first-order chi connectivity index (χ1) is 14.9. The molecule has 0 saturated heterocycles. The maximum absolute atomic E-state index is 4.62. The van der Waals surface area contributed by atoms with Crippen LogP contribution in [0.1, 0.15) is 0 Å². The van der Waals surface area contributed by atoms with Gasteiger partial charge < -0.3 is 0 Å². The first-order valence-corrected chi connectivity index (χ1v) is 10.8. The van der Waals surface area contributed by atoms with E-state index in [1.165, 1.54) is 47.2 Å². The van der Waals surface area contributed by atoms with Gasteiger partial charge in [0.2, 0.25) is 5.95 Å². The quantitative estimate of drug-likeness (QED) is 0.294. The monoisotopic (exact) mass is 401 g/mol. The minimum atomic E-state index is 0.706. The molecule has 0 spiro atoms. The molecule has 0 aliphatic heterocycles. The van der Waals surface area contributed by atoms with Gasteiger partial charge in [-0.25, -0.2) is 9.97 Å². The summed E-state index contributed by atoms with van der Waals surface area (Å²) in [5.74, 6) is 0.706. The zero-order valence-corrected chi connectivity index (χ0v) is 16.7. The highest BCUT2D eigenvalue weighted by atomic mass is 32.1. The summed E-state index contributed by atoms with van der Waals surface area (Å²) in [5.41, 5.74) is 2.33. The van der Waals surface area contributed by atoms with Gasteiger partial charge in [-0.05, 0) is 29.0 Å². The molecule has 7 aromatic rings. The van der Waals surface area contributed by atoms with Gasteiger partial charge in [-0.3, -0.25) is 4.57 Å². The Hall–Kier alpha value is -3.76. The molecule has 7 rings (SSSR count). The molecule has 0 fully saturated rings. The van der Waals surface area contributed by atoms with Crippen molar-refractivity contribution in [3.63, 3.8) is 0 Å². The van der Waals surface area contributed by atoms with Gasteiger partial charge in [0.1, 0.15) is 0 Å². The predicted molar refractivity (Wildman–Crippen MR) is 127 cm³/mol. The Balaban J connectivity index is 1.81. The van der Waals surface area contributed by atoms with Crippen LogP contribution in [0.5, 0.6) is 0 Å². The molecule has 3 nitrogen and oxygen atoms in total. The lowest BCUT2D eigenvalue weighted by Gasteiger charge is -2.06. The summed E-state index contributed by atoms with van der Waals surface area (Å²) < 4.78 is 4.81. The number of thiophene rings is 1. The lowest BCUT2D eigenvalue weighted by atomic mass is 10.0. The van der Waals surface area contributed by atoms with Gasteiger partial charge in [0.15, 0.2) is 0 Å². The van der Waals surface area contributed by atoms with Crippen molar-refractivity contribution in [1.29, 1.82) is 0 Å². The maximum atomic E-state index is 4.62. The van der Waals surface area contributed by atoms with Crippen LogP contribution in [-0.4, -0.2) is 14.5 Å².